The molecule has 2 atom stereocenters. The van der Waals surface area contributed by atoms with Gasteiger partial charge in [-0.1, -0.05) is 78.9 Å². The molecule has 2 saturated heterocycles. The number of nitrogens with zero attached hydrogens (tertiary/aromatic N) is 4. The molecule has 6 rings (SSSR count). The second-order valence-electron chi connectivity index (χ2n) is 9.01. The molecule has 3 heterocycles. The second kappa shape index (κ2) is 8.34. The van der Waals surface area contributed by atoms with Crippen molar-refractivity contribution in [3.8, 4) is 22.4 Å². The monoisotopic (exact) mass is 434 g/mol. The average Bonchev–Trinajstić information content (AvgIpc) is 3.61. The Hall–Kier alpha value is -3.70. The summed E-state index contributed by atoms with van der Waals surface area (Å²) in [5.41, 5.74) is 5.67. The van der Waals surface area contributed by atoms with Crippen molar-refractivity contribution in [3.63, 3.8) is 0 Å². The highest BCUT2D eigenvalue weighted by molar-refractivity contribution is 5.79. The van der Waals surface area contributed by atoms with Gasteiger partial charge in [0.25, 0.3) is 0 Å². The fourth-order valence-electron chi connectivity index (χ4n) is 5.23. The molecule has 0 saturated carbocycles. The number of amides is 1. The maximum atomic E-state index is 13.2. The molecule has 2 bridgehead atoms. The summed E-state index contributed by atoms with van der Waals surface area (Å²) in [6.07, 6.45) is 4.53. The number of hydrogen-bond acceptors (Lipinski definition) is 3. The van der Waals surface area contributed by atoms with Crippen LogP contribution in [0.1, 0.15) is 12.0 Å². The van der Waals surface area contributed by atoms with Gasteiger partial charge in [-0.15, -0.1) is 0 Å². The number of carbonyl (C=O) groups excluding carboxylic acids is 1. The van der Waals surface area contributed by atoms with Gasteiger partial charge >= 0.3 is 6.03 Å². The molecule has 0 radical (unpaired) electrons. The number of rotatable bonds is 4. The molecule has 33 heavy (non-hydrogen) atoms. The lowest BCUT2D eigenvalue weighted by Crippen LogP contribution is -2.49. The van der Waals surface area contributed by atoms with Gasteiger partial charge in [-0.2, -0.15) is 0 Å². The second-order valence-corrected chi connectivity index (χ2v) is 9.01. The molecule has 0 N–H and O–H groups in total. The molecular weight excluding hydrogens is 408 g/mol. The normalized spacial score (nSPS) is 19.8. The van der Waals surface area contributed by atoms with Crippen molar-refractivity contribution in [1.29, 1.82) is 0 Å². The maximum Gasteiger partial charge on any atom is 0.329 e. The quantitative estimate of drug-likeness (QED) is 0.446. The SMILES string of the molecule is O=C(N1C[C@@H]2C[C@H]1CN2Cc1cccc(-c2ccccc2)c1)n1cnc(-c2ccccc2)c1. The van der Waals surface area contributed by atoms with Gasteiger partial charge in [0.05, 0.1) is 5.69 Å². The fraction of sp³-hybridized carbons (Fsp3) is 0.214. The first kappa shape index (κ1) is 19.9. The van der Waals surface area contributed by atoms with E-state index in [0.29, 0.717) is 6.04 Å². The van der Waals surface area contributed by atoms with Gasteiger partial charge in [-0.05, 0) is 29.2 Å². The zero-order valence-corrected chi connectivity index (χ0v) is 18.4. The summed E-state index contributed by atoms with van der Waals surface area (Å²) in [6, 6.07) is 30.0. The van der Waals surface area contributed by atoms with Crippen LogP contribution in [0.3, 0.4) is 0 Å². The van der Waals surface area contributed by atoms with Crippen molar-refractivity contribution in [2.45, 2.75) is 25.0 Å². The van der Waals surface area contributed by atoms with Crippen molar-refractivity contribution in [3.05, 3.63) is 103 Å². The van der Waals surface area contributed by atoms with Gasteiger partial charge in [-0.25, -0.2) is 9.78 Å². The van der Waals surface area contributed by atoms with Crippen LogP contribution in [0, 0.1) is 0 Å². The first-order chi connectivity index (χ1) is 16.2. The predicted molar refractivity (Wildman–Crippen MR) is 130 cm³/mol. The minimum absolute atomic E-state index is 0.0305. The minimum Gasteiger partial charge on any atom is -0.318 e. The third kappa shape index (κ3) is 3.85. The van der Waals surface area contributed by atoms with Crippen molar-refractivity contribution in [1.82, 2.24) is 19.4 Å². The highest BCUT2D eigenvalue weighted by Gasteiger charge is 2.45. The van der Waals surface area contributed by atoms with Gasteiger partial charge in [-0.3, -0.25) is 9.47 Å². The van der Waals surface area contributed by atoms with Crippen LogP contribution in [-0.2, 0) is 6.54 Å². The van der Waals surface area contributed by atoms with E-state index in [-0.39, 0.29) is 12.1 Å². The largest absolute Gasteiger partial charge is 0.329 e. The number of benzene rings is 3. The summed E-state index contributed by atoms with van der Waals surface area (Å²) in [4.78, 5) is 22.2. The Bertz CT molecular complexity index is 1270. The van der Waals surface area contributed by atoms with Gasteiger partial charge in [0, 0.05) is 43.5 Å². The van der Waals surface area contributed by atoms with E-state index in [1.807, 2.05) is 47.5 Å². The predicted octanol–water partition coefficient (Wildman–Crippen LogP) is 5.14. The molecule has 0 spiro atoms. The third-order valence-electron chi connectivity index (χ3n) is 6.89. The third-order valence-corrected chi connectivity index (χ3v) is 6.89. The summed E-state index contributed by atoms with van der Waals surface area (Å²) in [5, 5.41) is 0. The first-order valence-electron chi connectivity index (χ1n) is 11.5. The highest BCUT2D eigenvalue weighted by atomic mass is 16.2. The molecule has 0 unspecified atom stereocenters. The highest BCUT2D eigenvalue weighted by Crippen LogP contribution is 2.33. The van der Waals surface area contributed by atoms with E-state index in [4.69, 9.17) is 0 Å². The van der Waals surface area contributed by atoms with Crippen LogP contribution in [-0.4, -0.2) is 50.6 Å². The number of fused-ring (bicyclic) bond motifs is 2. The Labute approximate surface area is 193 Å². The Kier molecular flexibility index (Phi) is 5.04. The maximum absolute atomic E-state index is 13.2. The van der Waals surface area contributed by atoms with E-state index < -0.39 is 0 Å². The number of likely N-dealkylation sites (tertiary alicyclic amines) is 2. The van der Waals surface area contributed by atoms with E-state index in [9.17, 15) is 4.79 Å². The van der Waals surface area contributed by atoms with Crippen LogP contribution >= 0.6 is 0 Å². The van der Waals surface area contributed by atoms with E-state index in [1.165, 1.54) is 16.7 Å². The summed E-state index contributed by atoms with van der Waals surface area (Å²) in [5.74, 6) is 0. The van der Waals surface area contributed by atoms with E-state index in [2.05, 4.69) is 58.4 Å². The number of hydrogen-bond donors (Lipinski definition) is 0. The van der Waals surface area contributed by atoms with Crippen molar-refractivity contribution >= 4 is 6.03 Å². The Morgan fingerprint density at radius 2 is 1.55 bits per heavy atom. The van der Waals surface area contributed by atoms with Crippen LogP contribution in [0.4, 0.5) is 4.79 Å². The van der Waals surface area contributed by atoms with Crippen LogP contribution < -0.4 is 0 Å². The average molecular weight is 435 g/mol. The van der Waals surface area contributed by atoms with Crippen LogP contribution in [0.15, 0.2) is 97.5 Å². The van der Waals surface area contributed by atoms with E-state index in [1.54, 1.807) is 10.9 Å². The van der Waals surface area contributed by atoms with Crippen LogP contribution in [0.2, 0.25) is 0 Å². The van der Waals surface area contributed by atoms with Gasteiger partial charge < -0.3 is 4.90 Å². The number of imidazole rings is 1. The van der Waals surface area contributed by atoms with E-state index in [0.717, 1.165) is 37.3 Å². The number of aromatic nitrogens is 2. The summed E-state index contributed by atoms with van der Waals surface area (Å²) in [7, 11) is 0. The molecule has 1 aromatic heterocycles. The lowest BCUT2D eigenvalue weighted by Gasteiger charge is -2.34. The summed E-state index contributed by atoms with van der Waals surface area (Å²) >= 11 is 0. The molecule has 4 aromatic rings. The minimum atomic E-state index is 0.0305. The van der Waals surface area contributed by atoms with Gasteiger partial charge in [0.2, 0.25) is 0 Å². The molecule has 5 heteroatoms. The van der Waals surface area contributed by atoms with Crippen molar-refractivity contribution in [2.24, 2.45) is 0 Å². The standard InChI is InChI=1S/C28H26N4O/c33-28(31-19-27(29-20-31)23-11-5-2-6-12-23)32-18-25-15-26(32)17-30(25)16-21-8-7-13-24(14-21)22-9-3-1-4-10-22/h1-14,19-20,25-26H,15-18H2/t25-,26-/m0/s1. The number of carbonyl (C=O) groups is 1. The molecule has 2 aliphatic heterocycles. The fourth-order valence-corrected chi connectivity index (χ4v) is 5.23. The zero-order valence-electron chi connectivity index (χ0n) is 18.4. The molecule has 2 aliphatic rings. The molecule has 0 aliphatic carbocycles. The van der Waals surface area contributed by atoms with Crippen LogP contribution in [0.5, 0.6) is 0 Å². The molecule has 164 valence electrons. The topological polar surface area (TPSA) is 41.4 Å². The first-order valence-corrected chi connectivity index (χ1v) is 11.5. The van der Waals surface area contributed by atoms with Gasteiger partial charge in [0.1, 0.15) is 6.33 Å². The summed E-state index contributed by atoms with van der Waals surface area (Å²) < 4.78 is 1.64. The number of piperazine rings is 1. The lowest BCUT2D eigenvalue weighted by atomic mass is 10.0. The Morgan fingerprint density at radius 1 is 0.818 bits per heavy atom. The van der Waals surface area contributed by atoms with E-state index >= 15 is 0 Å². The zero-order chi connectivity index (χ0) is 22.2. The van der Waals surface area contributed by atoms with Crippen molar-refractivity contribution in [2.75, 3.05) is 13.1 Å². The molecule has 5 nitrogen and oxygen atoms in total. The van der Waals surface area contributed by atoms with Crippen molar-refractivity contribution < 1.29 is 4.79 Å². The lowest BCUT2D eigenvalue weighted by molar-refractivity contribution is 0.133. The summed E-state index contributed by atoms with van der Waals surface area (Å²) in [6.45, 7) is 2.63. The van der Waals surface area contributed by atoms with Gasteiger partial charge in [0.15, 0.2) is 0 Å². The van der Waals surface area contributed by atoms with Crippen LogP contribution in [0.25, 0.3) is 22.4 Å². The molecule has 3 aromatic carbocycles. The Morgan fingerprint density at radius 3 is 2.27 bits per heavy atom. The molecule has 2 fully saturated rings. The smallest absolute Gasteiger partial charge is 0.318 e. The molecular formula is C28H26N4O. The Balaban J connectivity index is 1.12. The molecule has 1 amide bonds.